The largest absolute Gasteiger partial charge is 0.395 e. The highest BCUT2D eigenvalue weighted by atomic mass is 19.1. The van der Waals surface area contributed by atoms with Crippen molar-refractivity contribution in [3.63, 3.8) is 0 Å². The zero-order valence-electron chi connectivity index (χ0n) is 13.7. The summed E-state index contributed by atoms with van der Waals surface area (Å²) in [5.41, 5.74) is 2.91. The highest BCUT2D eigenvalue weighted by Crippen LogP contribution is 2.26. The fraction of sp³-hybridized carbons (Fsp3) is 0.529. The number of rotatable bonds is 8. The summed E-state index contributed by atoms with van der Waals surface area (Å²) in [6.45, 7) is 5.44. The Morgan fingerprint density at radius 3 is 2.43 bits per heavy atom. The minimum atomic E-state index is -0.646. The molecule has 2 aromatic rings. The number of aromatic nitrogens is 1. The zero-order chi connectivity index (χ0) is 17.0. The van der Waals surface area contributed by atoms with Crippen molar-refractivity contribution in [1.29, 1.82) is 0 Å². The number of aryl methyl sites for hydroxylation is 1. The van der Waals surface area contributed by atoms with Crippen LogP contribution in [0.3, 0.4) is 0 Å². The van der Waals surface area contributed by atoms with Crippen LogP contribution in [0.1, 0.15) is 11.3 Å². The Labute approximate surface area is 135 Å². The average molecular weight is 324 g/mol. The molecule has 0 spiro atoms. The van der Waals surface area contributed by atoms with Crippen LogP contribution < -0.4 is 0 Å². The summed E-state index contributed by atoms with van der Waals surface area (Å²) in [7, 11) is 0. The topological polar surface area (TPSA) is 68.9 Å². The Kier molecular flexibility index (Phi) is 6.12. The fourth-order valence-corrected chi connectivity index (χ4v) is 3.00. The van der Waals surface area contributed by atoms with Crippen LogP contribution in [0.15, 0.2) is 18.2 Å². The van der Waals surface area contributed by atoms with E-state index in [1.165, 1.54) is 12.1 Å². The first-order valence-corrected chi connectivity index (χ1v) is 7.85. The number of aliphatic hydroxyl groups excluding tert-OH is 3. The molecule has 0 amide bonds. The van der Waals surface area contributed by atoms with Crippen molar-refractivity contribution in [2.24, 2.45) is 0 Å². The molecule has 23 heavy (non-hydrogen) atoms. The Morgan fingerprint density at radius 1 is 1.17 bits per heavy atom. The molecule has 0 radical (unpaired) electrons. The van der Waals surface area contributed by atoms with E-state index in [0.717, 1.165) is 22.2 Å². The summed E-state index contributed by atoms with van der Waals surface area (Å²) in [5.74, 6) is -0.268. The first kappa shape index (κ1) is 17.9. The van der Waals surface area contributed by atoms with Gasteiger partial charge in [-0.1, -0.05) is 0 Å². The van der Waals surface area contributed by atoms with Gasteiger partial charge < -0.3 is 19.9 Å². The molecule has 128 valence electrons. The standard InChI is InChI=1S/C17H25FN2O3/c1-12-13(2)20(17-4-3-14(18)9-16(12)17)11-15(23)10-19(5-7-21)6-8-22/h3-4,9,15,21-23H,5-8,10-11H2,1-2H3. The van der Waals surface area contributed by atoms with E-state index in [2.05, 4.69) is 0 Å². The lowest BCUT2D eigenvalue weighted by molar-refractivity contribution is 0.0777. The van der Waals surface area contributed by atoms with Gasteiger partial charge in [0.2, 0.25) is 0 Å². The van der Waals surface area contributed by atoms with E-state index in [1.807, 2.05) is 23.3 Å². The van der Waals surface area contributed by atoms with E-state index < -0.39 is 6.10 Å². The second kappa shape index (κ2) is 7.88. The summed E-state index contributed by atoms with van der Waals surface area (Å²) < 4.78 is 15.4. The molecule has 5 nitrogen and oxygen atoms in total. The summed E-state index contributed by atoms with van der Waals surface area (Å²) in [6.07, 6.45) is -0.646. The molecule has 2 rings (SSSR count). The molecule has 1 heterocycles. The molecule has 0 saturated heterocycles. The van der Waals surface area contributed by atoms with E-state index >= 15 is 0 Å². The highest BCUT2D eigenvalue weighted by molar-refractivity contribution is 5.85. The molecule has 1 aromatic heterocycles. The molecule has 0 saturated carbocycles. The maximum Gasteiger partial charge on any atom is 0.123 e. The van der Waals surface area contributed by atoms with Crippen molar-refractivity contribution < 1.29 is 19.7 Å². The summed E-state index contributed by atoms with van der Waals surface area (Å²) >= 11 is 0. The van der Waals surface area contributed by atoms with Gasteiger partial charge in [0.25, 0.3) is 0 Å². The van der Waals surface area contributed by atoms with Crippen LogP contribution in [0.4, 0.5) is 4.39 Å². The van der Waals surface area contributed by atoms with Crippen LogP contribution in [0, 0.1) is 19.7 Å². The molecule has 0 aliphatic heterocycles. The molecule has 0 fully saturated rings. The van der Waals surface area contributed by atoms with Crippen molar-refractivity contribution >= 4 is 10.9 Å². The normalized spacial score (nSPS) is 13.2. The molecule has 0 aliphatic rings. The highest BCUT2D eigenvalue weighted by Gasteiger charge is 2.16. The van der Waals surface area contributed by atoms with Gasteiger partial charge in [0, 0.05) is 36.2 Å². The predicted octanol–water partition coefficient (Wildman–Crippen LogP) is 1.04. The Morgan fingerprint density at radius 2 is 1.83 bits per heavy atom. The predicted molar refractivity (Wildman–Crippen MR) is 88.0 cm³/mol. The number of hydrogen-bond donors (Lipinski definition) is 3. The Balaban J connectivity index is 2.19. The van der Waals surface area contributed by atoms with Gasteiger partial charge in [-0.15, -0.1) is 0 Å². The lowest BCUT2D eigenvalue weighted by Crippen LogP contribution is -2.38. The summed E-state index contributed by atoms with van der Waals surface area (Å²) in [6, 6.07) is 4.68. The average Bonchev–Trinajstić information content (AvgIpc) is 2.72. The lowest BCUT2D eigenvalue weighted by Gasteiger charge is -2.24. The van der Waals surface area contributed by atoms with E-state index in [4.69, 9.17) is 10.2 Å². The molecule has 3 N–H and O–H groups in total. The maximum atomic E-state index is 13.4. The first-order chi connectivity index (χ1) is 11.0. The molecule has 0 bridgehead atoms. The molecule has 0 aliphatic carbocycles. The molecular weight excluding hydrogens is 299 g/mol. The zero-order valence-corrected chi connectivity index (χ0v) is 13.7. The second-order valence-corrected chi connectivity index (χ2v) is 5.88. The van der Waals surface area contributed by atoms with E-state index in [0.29, 0.717) is 26.2 Å². The van der Waals surface area contributed by atoms with Crippen molar-refractivity contribution in [1.82, 2.24) is 9.47 Å². The number of fused-ring (bicyclic) bond motifs is 1. The summed E-state index contributed by atoms with van der Waals surface area (Å²) in [5, 5.41) is 29.3. The third-order valence-corrected chi connectivity index (χ3v) is 4.30. The third kappa shape index (κ3) is 4.09. The van der Waals surface area contributed by atoms with Crippen LogP contribution in [0.5, 0.6) is 0 Å². The lowest BCUT2D eigenvalue weighted by atomic mass is 10.1. The quantitative estimate of drug-likeness (QED) is 0.679. The van der Waals surface area contributed by atoms with Gasteiger partial charge in [-0.2, -0.15) is 0 Å². The van der Waals surface area contributed by atoms with Gasteiger partial charge in [-0.3, -0.25) is 4.90 Å². The van der Waals surface area contributed by atoms with E-state index in [1.54, 1.807) is 6.07 Å². The molecule has 1 atom stereocenters. The van der Waals surface area contributed by atoms with Gasteiger partial charge in [0.1, 0.15) is 5.82 Å². The monoisotopic (exact) mass is 324 g/mol. The van der Waals surface area contributed by atoms with Crippen molar-refractivity contribution in [2.75, 3.05) is 32.8 Å². The first-order valence-electron chi connectivity index (χ1n) is 7.85. The van der Waals surface area contributed by atoms with Crippen LogP contribution in [0.25, 0.3) is 10.9 Å². The Bertz CT molecular complexity index is 651. The minimum Gasteiger partial charge on any atom is -0.395 e. The minimum absolute atomic E-state index is 0.0173. The van der Waals surface area contributed by atoms with Gasteiger partial charge in [-0.05, 0) is 37.6 Å². The van der Waals surface area contributed by atoms with Gasteiger partial charge in [0.15, 0.2) is 0 Å². The van der Waals surface area contributed by atoms with Gasteiger partial charge in [-0.25, -0.2) is 4.39 Å². The number of aliphatic hydroxyl groups is 3. The third-order valence-electron chi connectivity index (χ3n) is 4.30. The SMILES string of the molecule is Cc1c(C)n(CC(O)CN(CCO)CCO)c2ccc(F)cc12. The number of nitrogens with zero attached hydrogens (tertiary/aromatic N) is 2. The number of benzene rings is 1. The smallest absolute Gasteiger partial charge is 0.123 e. The van der Waals surface area contributed by atoms with Crippen LogP contribution >= 0.6 is 0 Å². The van der Waals surface area contributed by atoms with Crippen LogP contribution in [-0.2, 0) is 6.54 Å². The van der Waals surface area contributed by atoms with Crippen molar-refractivity contribution in [2.45, 2.75) is 26.5 Å². The molecule has 1 unspecified atom stereocenters. The van der Waals surface area contributed by atoms with Crippen molar-refractivity contribution in [3.8, 4) is 0 Å². The van der Waals surface area contributed by atoms with E-state index in [-0.39, 0.29) is 19.0 Å². The summed E-state index contributed by atoms with van der Waals surface area (Å²) in [4.78, 5) is 1.82. The number of hydrogen-bond acceptors (Lipinski definition) is 4. The molecule has 6 heteroatoms. The molecular formula is C17H25FN2O3. The van der Waals surface area contributed by atoms with Gasteiger partial charge in [0.05, 0.1) is 25.9 Å². The van der Waals surface area contributed by atoms with Crippen molar-refractivity contribution in [3.05, 3.63) is 35.3 Å². The van der Waals surface area contributed by atoms with E-state index in [9.17, 15) is 9.50 Å². The number of halogens is 1. The van der Waals surface area contributed by atoms with Crippen LogP contribution in [-0.4, -0.2) is 63.7 Å². The second-order valence-electron chi connectivity index (χ2n) is 5.88. The van der Waals surface area contributed by atoms with Gasteiger partial charge >= 0.3 is 0 Å². The fourth-order valence-electron chi connectivity index (χ4n) is 3.00. The maximum absolute atomic E-state index is 13.4. The Hall–Kier alpha value is -1.47. The van der Waals surface area contributed by atoms with Crippen LogP contribution in [0.2, 0.25) is 0 Å². The molecule has 1 aromatic carbocycles.